The normalized spacial score (nSPS) is 9.62. The maximum atomic E-state index is 8.73. The average molecular weight is 173 g/mol. The van der Waals surface area contributed by atoms with Crippen molar-refractivity contribution < 1.29 is 0 Å². The minimum absolute atomic E-state index is 0.775. The molecule has 0 saturated carbocycles. The summed E-state index contributed by atoms with van der Waals surface area (Å²) in [6, 6.07) is 8.09. The van der Waals surface area contributed by atoms with Gasteiger partial charge in [-0.1, -0.05) is 19.4 Å². The fourth-order valence-electron chi connectivity index (χ4n) is 1.38. The largest absolute Gasteiger partial charge is 0.192 e. The van der Waals surface area contributed by atoms with E-state index in [0.717, 1.165) is 12.0 Å². The van der Waals surface area contributed by atoms with Crippen molar-refractivity contribution in [2.75, 3.05) is 0 Å². The predicted molar refractivity (Wildman–Crippen MR) is 54.5 cm³/mol. The van der Waals surface area contributed by atoms with Crippen LogP contribution in [0.4, 0.5) is 0 Å². The van der Waals surface area contributed by atoms with Crippen LogP contribution in [-0.4, -0.2) is 0 Å². The van der Waals surface area contributed by atoms with Crippen LogP contribution in [0.2, 0.25) is 0 Å². The van der Waals surface area contributed by atoms with Gasteiger partial charge >= 0.3 is 0 Å². The molecule has 0 heterocycles. The Morgan fingerprint density at radius 2 is 2.15 bits per heavy atom. The van der Waals surface area contributed by atoms with Crippen LogP contribution >= 0.6 is 0 Å². The van der Waals surface area contributed by atoms with Gasteiger partial charge in [0.25, 0.3) is 0 Å². The number of benzene rings is 1. The third-order valence-corrected chi connectivity index (χ3v) is 2.28. The molecular weight excluding hydrogens is 158 g/mol. The van der Waals surface area contributed by atoms with Crippen LogP contribution in [0, 0.1) is 18.3 Å². The summed E-state index contributed by atoms with van der Waals surface area (Å²) in [4.78, 5) is 0. The van der Waals surface area contributed by atoms with Gasteiger partial charge in [0.15, 0.2) is 0 Å². The van der Waals surface area contributed by atoms with Gasteiger partial charge in [-0.2, -0.15) is 5.26 Å². The topological polar surface area (TPSA) is 23.8 Å². The standard InChI is InChI=1S/C12H15N/c1-3-4-5-12-8-11(9-13)7-6-10(12)2/h6-8H,3-5H2,1-2H3. The molecule has 0 atom stereocenters. The molecule has 0 unspecified atom stereocenters. The molecule has 0 spiro atoms. The molecule has 0 saturated heterocycles. The summed E-state index contributed by atoms with van der Waals surface area (Å²) >= 11 is 0. The van der Waals surface area contributed by atoms with E-state index in [2.05, 4.69) is 19.9 Å². The number of aryl methyl sites for hydroxylation is 2. The molecule has 0 radical (unpaired) electrons. The molecular formula is C12H15N. The summed E-state index contributed by atoms with van der Waals surface area (Å²) in [5.74, 6) is 0. The molecule has 0 bridgehead atoms. The monoisotopic (exact) mass is 173 g/mol. The SMILES string of the molecule is CCCCc1cc(C#N)ccc1C. The first-order valence-electron chi connectivity index (χ1n) is 4.77. The molecule has 13 heavy (non-hydrogen) atoms. The number of hydrogen-bond donors (Lipinski definition) is 0. The van der Waals surface area contributed by atoms with E-state index < -0.39 is 0 Å². The smallest absolute Gasteiger partial charge is 0.0991 e. The van der Waals surface area contributed by atoms with E-state index in [1.54, 1.807) is 0 Å². The second-order valence-electron chi connectivity index (χ2n) is 3.36. The van der Waals surface area contributed by atoms with Gasteiger partial charge in [0.05, 0.1) is 11.6 Å². The average Bonchev–Trinajstić information content (AvgIpc) is 2.17. The quantitative estimate of drug-likeness (QED) is 0.688. The van der Waals surface area contributed by atoms with E-state index in [9.17, 15) is 0 Å². The molecule has 0 amide bonds. The van der Waals surface area contributed by atoms with Gasteiger partial charge in [0, 0.05) is 0 Å². The van der Waals surface area contributed by atoms with E-state index in [1.807, 2.05) is 18.2 Å². The fourth-order valence-corrected chi connectivity index (χ4v) is 1.38. The van der Waals surface area contributed by atoms with Crippen LogP contribution in [0.5, 0.6) is 0 Å². The van der Waals surface area contributed by atoms with Crippen LogP contribution in [-0.2, 0) is 6.42 Å². The Balaban J connectivity index is 2.85. The van der Waals surface area contributed by atoms with Crippen LogP contribution in [0.15, 0.2) is 18.2 Å². The van der Waals surface area contributed by atoms with Gasteiger partial charge < -0.3 is 0 Å². The summed E-state index contributed by atoms with van der Waals surface area (Å²) in [7, 11) is 0. The van der Waals surface area contributed by atoms with Crippen molar-refractivity contribution in [3.05, 3.63) is 34.9 Å². The van der Waals surface area contributed by atoms with Crippen molar-refractivity contribution in [3.8, 4) is 6.07 Å². The first-order chi connectivity index (χ1) is 6.27. The van der Waals surface area contributed by atoms with Crippen molar-refractivity contribution in [1.82, 2.24) is 0 Å². The molecule has 0 aliphatic rings. The molecule has 1 aromatic carbocycles. The van der Waals surface area contributed by atoms with Crippen molar-refractivity contribution >= 4 is 0 Å². The second kappa shape index (κ2) is 4.67. The Morgan fingerprint density at radius 1 is 1.38 bits per heavy atom. The van der Waals surface area contributed by atoms with Crippen LogP contribution in [0.1, 0.15) is 36.5 Å². The van der Waals surface area contributed by atoms with Gasteiger partial charge in [0.2, 0.25) is 0 Å². The van der Waals surface area contributed by atoms with Gasteiger partial charge in [-0.15, -0.1) is 0 Å². The number of hydrogen-bond acceptors (Lipinski definition) is 1. The second-order valence-corrected chi connectivity index (χ2v) is 3.36. The lowest BCUT2D eigenvalue weighted by atomic mass is 10.0. The highest BCUT2D eigenvalue weighted by molar-refractivity contribution is 5.37. The zero-order valence-corrected chi connectivity index (χ0v) is 8.30. The first-order valence-corrected chi connectivity index (χ1v) is 4.77. The molecule has 1 nitrogen and oxygen atoms in total. The molecule has 0 aliphatic heterocycles. The molecule has 1 rings (SSSR count). The zero-order valence-electron chi connectivity index (χ0n) is 8.30. The number of nitrogens with zero attached hydrogens (tertiary/aromatic N) is 1. The molecule has 1 aromatic rings. The van der Waals surface area contributed by atoms with Crippen molar-refractivity contribution in [1.29, 1.82) is 5.26 Å². The summed E-state index contributed by atoms with van der Waals surface area (Å²) in [6.45, 7) is 4.29. The maximum Gasteiger partial charge on any atom is 0.0991 e. The Morgan fingerprint density at radius 3 is 2.77 bits per heavy atom. The highest BCUT2D eigenvalue weighted by Crippen LogP contribution is 2.13. The molecule has 1 heteroatoms. The summed E-state index contributed by atoms with van der Waals surface area (Å²) in [6.07, 6.45) is 3.50. The third-order valence-electron chi connectivity index (χ3n) is 2.28. The highest BCUT2D eigenvalue weighted by Gasteiger charge is 1.99. The van der Waals surface area contributed by atoms with Gasteiger partial charge in [-0.3, -0.25) is 0 Å². The van der Waals surface area contributed by atoms with Gasteiger partial charge in [-0.05, 0) is 43.0 Å². The Kier molecular flexibility index (Phi) is 3.52. The lowest BCUT2D eigenvalue weighted by Crippen LogP contribution is -1.90. The van der Waals surface area contributed by atoms with E-state index >= 15 is 0 Å². The lowest BCUT2D eigenvalue weighted by Gasteiger charge is -2.04. The van der Waals surface area contributed by atoms with Gasteiger partial charge in [-0.25, -0.2) is 0 Å². The summed E-state index contributed by atoms with van der Waals surface area (Å²) in [5.41, 5.74) is 3.39. The van der Waals surface area contributed by atoms with Crippen LogP contribution in [0.3, 0.4) is 0 Å². The van der Waals surface area contributed by atoms with E-state index in [1.165, 1.54) is 24.0 Å². The highest BCUT2D eigenvalue weighted by atomic mass is 14.2. The maximum absolute atomic E-state index is 8.73. The number of rotatable bonds is 3. The summed E-state index contributed by atoms with van der Waals surface area (Å²) in [5, 5.41) is 8.73. The minimum Gasteiger partial charge on any atom is -0.192 e. The van der Waals surface area contributed by atoms with Crippen LogP contribution < -0.4 is 0 Å². The van der Waals surface area contributed by atoms with E-state index in [0.29, 0.717) is 0 Å². The Labute approximate surface area is 80.0 Å². The predicted octanol–water partition coefficient (Wildman–Crippen LogP) is 3.21. The first kappa shape index (κ1) is 9.80. The van der Waals surface area contributed by atoms with Crippen LogP contribution in [0.25, 0.3) is 0 Å². The molecule has 0 aromatic heterocycles. The Bertz CT molecular complexity index is 320. The van der Waals surface area contributed by atoms with Crippen molar-refractivity contribution in [2.24, 2.45) is 0 Å². The number of unbranched alkanes of at least 4 members (excludes halogenated alkanes) is 1. The zero-order chi connectivity index (χ0) is 9.68. The van der Waals surface area contributed by atoms with Gasteiger partial charge in [0.1, 0.15) is 0 Å². The minimum atomic E-state index is 0.775. The Hall–Kier alpha value is -1.29. The molecule has 0 fully saturated rings. The van der Waals surface area contributed by atoms with Crippen molar-refractivity contribution in [3.63, 3.8) is 0 Å². The van der Waals surface area contributed by atoms with E-state index in [4.69, 9.17) is 5.26 Å². The molecule has 0 aliphatic carbocycles. The van der Waals surface area contributed by atoms with E-state index in [-0.39, 0.29) is 0 Å². The molecule has 68 valence electrons. The third kappa shape index (κ3) is 2.59. The fraction of sp³-hybridized carbons (Fsp3) is 0.417. The number of nitriles is 1. The summed E-state index contributed by atoms with van der Waals surface area (Å²) < 4.78 is 0. The molecule has 0 N–H and O–H groups in total. The van der Waals surface area contributed by atoms with Crippen molar-refractivity contribution in [2.45, 2.75) is 33.1 Å². The lowest BCUT2D eigenvalue weighted by molar-refractivity contribution is 0.791.